The van der Waals surface area contributed by atoms with Gasteiger partial charge in [-0.15, -0.1) is 0 Å². The first-order chi connectivity index (χ1) is 7.07. The van der Waals surface area contributed by atoms with Gasteiger partial charge in [-0.2, -0.15) is 0 Å². The summed E-state index contributed by atoms with van der Waals surface area (Å²) >= 11 is 3.40. The van der Waals surface area contributed by atoms with E-state index in [2.05, 4.69) is 15.9 Å². The lowest BCUT2D eigenvalue weighted by atomic mass is 9.93. The van der Waals surface area contributed by atoms with Gasteiger partial charge in [0.05, 0.1) is 5.60 Å². The molecule has 1 aliphatic rings. The lowest BCUT2D eigenvalue weighted by Crippen LogP contribution is -2.30. The minimum atomic E-state index is -0.576. The van der Waals surface area contributed by atoms with Gasteiger partial charge in [-0.1, -0.05) is 28.1 Å². The lowest BCUT2D eigenvalue weighted by Gasteiger charge is -2.22. The summed E-state index contributed by atoms with van der Waals surface area (Å²) in [5, 5.41) is 10.3. The number of rotatable bonds is 2. The van der Waals surface area contributed by atoms with Gasteiger partial charge in [-0.25, -0.2) is 0 Å². The Morgan fingerprint density at radius 2 is 2.07 bits per heavy atom. The van der Waals surface area contributed by atoms with Gasteiger partial charge in [0.2, 0.25) is 0 Å². The van der Waals surface area contributed by atoms with E-state index in [4.69, 9.17) is 5.73 Å². The van der Waals surface area contributed by atoms with E-state index in [-0.39, 0.29) is 6.04 Å². The third-order valence-electron chi connectivity index (χ3n) is 3.07. The second-order valence-corrected chi connectivity index (χ2v) is 5.45. The summed E-state index contributed by atoms with van der Waals surface area (Å²) in [4.78, 5) is 0. The van der Waals surface area contributed by atoms with E-state index in [9.17, 15) is 5.11 Å². The molecule has 3 heteroatoms. The molecule has 2 rings (SSSR count). The monoisotopic (exact) mass is 269 g/mol. The Kier molecular flexibility index (Phi) is 3.14. The van der Waals surface area contributed by atoms with Crippen LogP contribution in [0.15, 0.2) is 28.7 Å². The summed E-state index contributed by atoms with van der Waals surface area (Å²) < 4.78 is 1.07. The first-order valence-corrected chi connectivity index (χ1v) is 6.09. The maximum atomic E-state index is 10.3. The molecule has 0 heterocycles. The van der Waals surface area contributed by atoms with Crippen LogP contribution in [0.3, 0.4) is 0 Å². The van der Waals surface area contributed by atoms with Gasteiger partial charge in [-0.05, 0) is 37.0 Å². The summed E-state index contributed by atoms with van der Waals surface area (Å²) in [6.07, 6.45) is 3.20. The predicted molar refractivity (Wildman–Crippen MR) is 64.6 cm³/mol. The van der Waals surface area contributed by atoms with Crippen molar-refractivity contribution in [2.75, 3.05) is 0 Å². The van der Waals surface area contributed by atoms with Crippen molar-refractivity contribution in [3.05, 3.63) is 34.3 Å². The van der Waals surface area contributed by atoms with Crippen LogP contribution in [0.2, 0.25) is 0 Å². The quantitative estimate of drug-likeness (QED) is 0.865. The second-order valence-electron chi connectivity index (χ2n) is 4.53. The van der Waals surface area contributed by atoms with Crippen molar-refractivity contribution in [3.8, 4) is 0 Å². The smallest absolute Gasteiger partial charge is 0.0703 e. The number of aliphatic hydroxyl groups is 1. The van der Waals surface area contributed by atoms with Gasteiger partial charge in [-0.3, -0.25) is 0 Å². The first kappa shape index (κ1) is 11.1. The zero-order valence-electron chi connectivity index (χ0n) is 8.62. The zero-order chi connectivity index (χ0) is 10.9. The highest BCUT2D eigenvalue weighted by molar-refractivity contribution is 9.10. The van der Waals surface area contributed by atoms with Crippen LogP contribution in [0.5, 0.6) is 0 Å². The van der Waals surface area contributed by atoms with E-state index in [1.165, 1.54) is 5.56 Å². The Morgan fingerprint density at radius 3 is 2.60 bits per heavy atom. The average molecular weight is 270 g/mol. The SMILES string of the molecule is NC1CCC(O)(Cc2ccc(Br)cc2)C1. The molecule has 0 aliphatic heterocycles. The van der Waals surface area contributed by atoms with Gasteiger partial charge in [0.15, 0.2) is 0 Å². The van der Waals surface area contributed by atoms with E-state index < -0.39 is 5.60 Å². The van der Waals surface area contributed by atoms with Crippen molar-refractivity contribution in [1.82, 2.24) is 0 Å². The van der Waals surface area contributed by atoms with Crippen molar-refractivity contribution >= 4 is 15.9 Å². The van der Waals surface area contributed by atoms with Crippen LogP contribution >= 0.6 is 15.9 Å². The highest BCUT2D eigenvalue weighted by Crippen LogP contribution is 2.32. The third-order valence-corrected chi connectivity index (χ3v) is 3.60. The summed E-state index contributed by atoms with van der Waals surface area (Å²) in [7, 11) is 0. The standard InChI is InChI=1S/C12H16BrNO/c13-10-3-1-9(2-4-10)7-12(15)6-5-11(14)8-12/h1-4,11,15H,5-8,14H2. The van der Waals surface area contributed by atoms with Crippen LogP contribution in [-0.4, -0.2) is 16.7 Å². The van der Waals surface area contributed by atoms with Crippen LogP contribution in [-0.2, 0) is 6.42 Å². The summed E-state index contributed by atoms with van der Waals surface area (Å²) in [6, 6.07) is 8.28. The highest BCUT2D eigenvalue weighted by Gasteiger charge is 2.35. The molecule has 2 nitrogen and oxygen atoms in total. The van der Waals surface area contributed by atoms with Gasteiger partial charge < -0.3 is 10.8 Å². The molecule has 1 aliphatic carbocycles. The molecule has 82 valence electrons. The fourth-order valence-electron chi connectivity index (χ4n) is 2.29. The minimum absolute atomic E-state index is 0.172. The molecule has 1 fully saturated rings. The Hall–Kier alpha value is -0.380. The van der Waals surface area contributed by atoms with Crippen LogP contribution in [0.1, 0.15) is 24.8 Å². The summed E-state index contributed by atoms with van der Waals surface area (Å²) in [5.41, 5.74) is 6.42. The molecule has 0 amide bonds. The van der Waals surface area contributed by atoms with E-state index >= 15 is 0 Å². The molecular weight excluding hydrogens is 254 g/mol. The van der Waals surface area contributed by atoms with Gasteiger partial charge in [0.25, 0.3) is 0 Å². The normalized spacial score (nSPS) is 30.7. The number of hydrogen-bond acceptors (Lipinski definition) is 2. The minimum Gasteiger partial charge on any atom is -0.389 e. The first-order valence-electron chi connectivity index (χ1n) is 5.30. The van der Waals surface area contributed by atoms with E-state index in [0.29, 0.717) is 6.42 Å². The summed E-state index contributed by atoms with van der Waals surface area (Å²) in [6.45, 7) is 0. The molecule has 0 spiro atoms. The van der Waals surface area contributed by atoms with Gasteiger partial charge in [0, 0.05) is 16.9 Å². The van der Waals surface area contributed by atoms with Crippen molar-refractivity contribution in [2.24, 2.45) is 5.73 Å². The molecule has 0 bridgehead atoms. The molecule has 15 heavy (non-hydrogen) atoms. The maximum absolute atomic E-state index is 10.3. The number of hydrogen-bond donors (Lipinski definition) is 2. The molecule has 0 aromatic heterocycles. The topological polar surface area (TPSA) is 46.2 Å². The largest absolute Gasteiger partial charge is 0.389 e. The Balaban J connectivity index is 2.05. The van der Waals surface area contributed by atoms with Crippen molar-refractivity contribution in [1.29, 1.82) is 0 Å². The van der Waals surface area contributed by atoms with Crippen molar-refractivity contribution in [2.45, 2.75) is 37.3 Å². The molecule has 0 radical (unpaired) electrons. The molecule has 2 unspecified atom stereocenters. The Morgan fingerprint density at radius 1 is 1.40 bits per heavy atom. The summed E-state index contributed by atoms with van der Waals surface area (Å²) in [5.74, 6) is 0. The van der Waals surface area contributed by atoms with Crippen LogP contribution < -0.4 is 5.73 Å². The highest BCUT2D eigenvalue weighted by atomic mass is 79.9. The van der Waals surface area contributed by atoms with Crippen LogP contribution in [0.4, 0.5) is 0 Å². The molecule has 1 aromatic rings. The van der Waals surface area contributed by atoms with Gasteiger partial charge in [0.1, 0.15) is 0 Å². The third kappa shape index (κ3) is 2.80. The molecular formula is C12H16BrNO. The van der Waals surface area contributed by atoms with E-state index in [0.717, 1.165) is 23.7 Å². The number of nitrogens with two attached hydrogens (primary N) is 1. The zero-order valence-corrected chi connectivity index (χ0v) is 10.2. The number of halogens is 1. The second kappa shape index (κ2) is 4.24. The van der Waals surface area contributed by atoms with Gasteiger partial charge >= 0.3 is 0 Å². The fourth-order valence-corrected chi connectivity index (χ4v) is 2.55. The lowest BCUT2D eigenvalue weighted by molar-refractivity contribution is 0.0468. The predicted octanol–water partition coefficient (Wildman–Crippen LogP) is 2.23. The van der Waals surface area contributed by atoms with Crippen LogP contribution in [0, 0.1) is 0 Å². The average Bonchev–Trinajstić information content (AvgIpc) is 2.50. The van der Waals surface area contributed by atoms with E-state index in [1.54, 1.807) is 0 Å². The number of benzene rings is 1. The van der Waals surface area contributed by atoms with E-state index in [1.807, 2.05) is 24.3 Å². The Labute approximate surface area is 98.6 Å². The molecule has 1 aromatic carbocycles. The maximum Gasteiger partial charge on any atom is 0.0703 e. The van der Waals surface area contributed by atoms with Crippen LogP contribution in [0.25, 0.3) is 0 Å². The van der Waals surface area contributed by atoms with Crippen molar-refractivity contribution < 1.29 is 5.11 Å². The molecule has 3 N–H and O–H groups in total. The fraction of sp³-hybridized carbons (Fsp3) is 0.500. The molecule has 0 saturated heterocycles. The molecule has 1 saturated carbocycles. The Bertz CT molecular complexity index is 338. The van der Waals surface area contributed by atoms with Crippen molar-refractivity contribution in [3.63, 3.8) is 0 Å². The molecule has 2 atom stereocenters.